The zero-order chi connectivity index (χ0) is 10.2. The first-order chi connectivity index (χ1) is 6.57. The van der Waals surface area contributed by atoms with Gasteiger partial charge in [-0.05, 0) is 11.6 Å². The molecule has 0 radical (unpaired) electrons. The van der Waals surface area contributed by atoms with Crippen molar-refractivity contribution in [2.45, 2.75) is 17.4 Å². The van der Waals surface area contributed by atoms with Crippen LogP contribution in [0.3, 0.4) is 0 Å². The van der Waals surface area contributed by atoms with E-state index in [4.69, 9.17) is 9.29 Å². The van der Waals surface area contributed by atoms with E-state index in [9.17, 15) is 8.42 Å². The van der Waals surface area contributed by atoms with Crippen molar-refractivity contribution in [3.8, 4) is 0 Å². The highest BCUT2D eigenvalue weighted by atomic mass is 32.2. The van der Waals surface area contributed by atoms with Crippen LogP contribution in [0.15, 0.2) is 29.2 Å². The van der Waals surface area contributed by atoms with E-state index in [0.29, 0.717) is 18.6 Å². The topological polar surface area (TPSA) is 66.9 Å². The first-order valence-electron chi connectivity index (χ1n) is 4.24. The van der Waals surface area contributed by atoms with Crippen molar-refractivity contribution in [3.05, 3.63) is 29.8 Å². The molecule has 1 atom stereocenters. The number of epoxide rings is 1. The molecule has 76 valence electrons. The molecule has 2 rings (SSSR count). The average Bonchev–Trinajstić information content (AvgIpc) is 2.87. The van der Waals surface area contributed by atoms with Crippen molar-refractivity contribution >= 4 is 10.1 Å². The molecule has 0 saturated carbocycles. The summed E-state index contributed by atoms with van der Waals surface area (Å²) < 4.78 is 35.9. The van der Waals surface area contributed by atoms with E-state index in [-0.39, 0.29) is 11.0 Å². The molecule has 0 spiro atoms. The van der Waals surface area contributed by atoms with Gasteiger partial charge in [-0.25, -0.2) is 0 Å². The molecular weight excluding hydrogens is 204 g/mol. The molecule has 0 aromatic heterocycles. The lowest BCUT2D eigenvalue weighted by molar-refractivity contribution is 0.406. The summed E-state index contributed by atoms with van der Waals surface area (Å²) in [5, 5.41) is 0. The Morgan fingerprint density at radius 1 is 1.43 bits per heavy atom. The van der Waals surface area contributed by atoms with Gasteiger partial charge in [-0.1, -0.05) is 18.2 Å². The lowest BCUT2D eigenvalue weighted by Gasteiger charge is -2.04. The molecule has 1 aromatic carbocycles. The highest BCUT2D eigenvalue weighted by Crippen LogP contribution is 2.21. The Hall–Kier alpha value is -0.910. The second-order valence-corrected chi connectivity index (χ2v) is 4.63. The number of benzene rings is 1. The summed E-state index contributed by atoms with van der Waals surface area (Å²) in [6.07, 6.45) is 0.647. The van der Waals surface area contributed by atoms with E-state index in [1.54, 1.807) is 18.2 Å². The molecule has 0 amide bonds. The summed E-state index contributed by atoms with van der Waals surface area (Å²) in [4.78, 5) is -0.0181. The Bertz CT molecular complexity index is 434. The van der Waals surface area contributed by atoms with Gasteiger partial charge >= 0.3 is 0 Å². The van der Waals surface area contributed by atoms with E-state index in [0.717, 1.165) is 0 Å². The summed E-state index contributed by atoms with van der Waals surface area (Å²) in [5.74, 6) is 0. The lowest BCUT2D eigenvalue weighted by atomic mass is 10.1. The van der Waals surface area contributed by atoms with Gasteiger partial charge in [0.1, 0.15) is 0 Å². The maximum atomic E-state index is 11.0. The predicted molar refractivity (Wildman–Crippen MR) is 49.7 cm³/mol. The third kappa shape index (κ3) is 2.12. The minimum absolute atomic E-state index is 0.0181. The van der Waals surface area contributed by atoms with Crippen molar-refractivity contribution in [2.75, 3.05) is 6.61 Å². The van der Waals surface area contributed by atoms with Gasteiger partial charge in [0, 0.05) is 6.42 Å². The number of ether oxygens (including phenoxy) is 1. The summed E-state index contributed by atoms with van der Waals surface area (Å²) in [5.41, 5.74) is 0.609. The van der Waals surface area contributed by atoms with E-state index >= 15 is 0 Å². The van der Waals surface area contributed by atoms with Gasteiger partial charge in [-0.2, -0.15) is 8.42 Å². The highest BCUT2D eigenvalue weighted by molar-refractivity contribution is 7.85. The Labute approximate surface area is 82.3 Å². The van der Waals surface area contributed by atoms with Gasteiger partial charge in [0.2, 0.25) is 0 Å². The highest BCUT2D eigenvalue weighted by Gasteiger charge is 2.25. The fourth-order valence-corrected chi connectivity index (χ4v) is 2.09. The second-order valence-electron chi connectivity index (χ2n) is 3.24. The van der Waals surface area contributed by atoms with Gasteiger partial charge in [-0.15, -0.1) is 0 Å². The fraction of sp³-hybridized carbons (Fsp3) is 0.333. The Morgan fingerprint density at radius 2 is 2.07 bits per heavy atom. The van der Waals surface area contributed by atoms with Crippen LogP contribution >= 0.6 is 0 Å². The molecule has 1 unspecified atom stereocenters. The zero-order valence-corrected chi connectivity index (χ0v) is 8.20. The standard InChI is InChI=1S/C9H10O4S/c10-14(11,12)9-4-2-1-3-7(9)5-8-6-13-8/h1-4,8H,5-6H2,(H,10,11,12). The molecule has 1 aliphatic heterocycles. The van der Waals surface area contributed by atoms with Gasteiger partial charge in [-0.3, -0.25) is 4.55 Å². The molecule has 1 aliphatic rings. The van der Waals surface area contributed by atoms with Crippen molar-refractivity contribution in [3.63, 3.8) is 0 Å². The first kappa shape index (κ1) is 9.64. The molecule has 1 fully saturated rings. The van der Waals surface area contributed by atoms with E-state index in [1.807, 2.05) is 0 Å². The monoisotopic (exact) mass is 214 g/mol. The van der Waals surface area contributed by atoms with Crippen LogP contribution in [0.4, 0.5) is 0 Å². The first-order valence-corrected chi connectivity index (χ1v) is 5.68. The number of rotatable bonds is 3. The molecule has 0 bridgehead atoms. The predicted octanol–water partition coefficient (Wildman–Crippen LogP) is 0.875. The number of hydrogen-bond acceptors (Lipinski definition) is 3. The van der Waals surface area contributed by atoms with Crippen LogP contribution in [0.2, 0.25) is 0 Å². The molecule has 0 aliphatic carbocycles. The molecule has 5 heteroatoms. The summed E-state index contributed by atoms with van der Waals surface area (Å²) in [6, 6.07) is 6.41. The largest absolute Gasteiger partial charge is 0.373 e. The molecule has 1 aromatic rings. The summed E-state index contributed by atoms with van der Waals surface area (Å²) in [6.45, 7) is 0.666. The number of hydrogen-bond donors (Lipinski definition) is 1. The lowest BCUT2D eigenvalue weighted by Crippen LogP contribution is -2.05. The van der Waals surface area contributed by atoms with Crippen LogP contribution in [0.25, 0.3) is 0 Å². The molecule has 1 heterocycles. The quantitative estimate of drug-likeness (QED) is 0.599. The van der Waals surface area contributed by atoms with Gasteiger partial charge in [0.15, 0.2) is 0 Å². The Balaban J connectivity index is 2.37. The maximum Gasteiger partial charge on any atom is 0.294 e. The van der Waals surface area contributed by atoms with E-state index < -0.39 is 10.1 Å². The van der Waals surface area contributed by atoms with E-state index in [2.05, 4.69) is 0 Å². The molecule has 4 nitrogen and oxygen atoms in total. The SMILES string of the molecule is O=S(=O)(O)c1ccccc1CC1CO1. The second kappa shape index (κ2) is 3.34. The molecular formula is C9H10O4S. The minimum Gasteiger partial charge on any atom is -0.373 e. The Kier molecular flexibility index (Phi) is 2.30. The smallest absolute Gasteiger partial charge is 0.294 e. The minimum atomic E-state index is -4.11. The van der Waals surface area contributed by atoms with Crippen molar-refractivity contribution in [1.29, 1.82) is 0 Å². The van der Waals surface area contributed by atoms with E-state index in [1.165, 1.54) is 6.07 Å². The third-order valence-corrected chi connectivity index (χ3v) is 3.05. The van der Waals surface area contributed by atoms with Crippen LogP contribution in [-0.4, -0.2) is 25.7 Å². The van der Waals surface area contributed by atoms with Crippen LogP contribution in [0.1, 0.15) is 5.56 Å². The van der Waals surface area contributed by atoms with Crippen LogP contribution in [0, 0.1) is 0 Å². The maximum absolute atomic E-state index is 11.0. The Morgan fingerprint density at radius 3 is 2.64 bits per heavy atom. The fourth-order valence-electron chi connectivity index (χ4n) is 1.36. The average molecular weight is 214 g/mol. The summed E-state index contributed by atoms with van der Waals surface area (Å²) >= 11 is 0. The molecule has 14 heavy (non-hydrogen) atoms. The summed E-state index contributed by atoms with van der Waals surface area (Å²) in [7, 11) is -4.11. The molecule has 1 saturated heterocycles. The molecule has 1 N–H and O–H groups in total. The van der Waals surface area contributed by atoms with Crippen molar-refractivity contribution in [1.82, 2.24) is 0 Å². The van der Waals surface area contributed by atoms with Gasteiger partial charge < -0.3 is 4.74 Å². The van der Waals surface area contributed by atoms with Crippen LogP contribution < -0.4 is 0 Å². The van der Waals surface area contributed by atoms with Gasteiger partial charge in [0.25, 0.3) is 10.1 Å². The van der Waals surface area contributed by atoms with Crippen molar-refractivity contribution in [2.24, 2.45) is 0 Å². The van der Waals surface area contributed by atoms with Crippen LogP contribution in [0.5, 0.6) is 0 Å². The third-order valence-electron chi connectivity index (χ3n) is 2.10. The normalized spacial score (nSPS) is 20.8. The van der Waals surface area contributed by atoms with Crippen molar-refractivity contribution < 1.29 is 17.7 Å². The van der Waals surface area contributed by atoms with Crippen LogP contribution in [-0.2, 0) is 21.3 Å². The zero-order valence-electron chi connectivity index (χ0n) is 7.38. The van der Waals surface area contributed by atoms with Gasteiger partial charge in [0.05, 0.1) is 17.6 Å².